The van der Waals surface area contributed by atoms with E-state index < -0.39 is 0 Å². The second-order valence-electron chi connectivity index (χ2n) is 3.80. The van der Waals surface area contributed by atoms with Crippen LogP contribution in [0.4, 0.5) is 0 Å². The Morgan fingerprint density at radius 1 is 1.13 bits per heavy atom. The van der Waals surface area contributed by atoms with Gasteiger partial charge in [-0.3, -0.25) is 0 Å². The van der Waals surface area contributed by atoms with Crippen LogP contribution in [0, 0.1) is 13.8 Å². The fourth-order valence-corrected chi connectivity index (χ4v) is 1.53. The molecule has 0 radical (unpaired) electrons. The van der Waals surface area contributed by atoms with Crippen molar-refractivity contribution in [2.75, 3.05) is 6.61 Å². The van der Waals surface area contributed by atoms with E-state index in [4.69, 9.17) is 5.11 Å². The number of benzene rings is 1. The molecule has 0 unspecified atom stereocenters. The van der Waals surface area contributed by atoms with Crippen LogP contribution in [0.5, 0.6) is 0 Å². The van der Waals surface area contributed by atoms with Gasteiger partial charge in [-0.05, 0) is 43.5 Å². The van der Waals surface area contributed by atoms with Crippen molar-refractivity contribution in [1.82, 2.24) is 15.0 Å². The summed E-state index contributed by atoms with van der Waals surface area (Å²) >= 11 is 0. The number of fused-ring (bicyclic) bond motifs is 1. The first-order chi connectivity index (χ1) is 7.20. The van der Waals surface area contributed by atoms with Gasteiger partial charge in [-0.15, -0.1) is 0 Å². The molecule has 80 valence electrons. The van der Waals surface area contributed by atoms with Gasteiger partial charge < -0.3 is 5.11 Å². The molecule has 15 heavy (non-hydrogen) atoms. The van der Waals surface area contributed by atoms with E-state index in [2.05, 4.69) is 24.0 Å². The average Bonchev–Trinajstić information content (AvgIpc) is 2.58. The molecular formula is C11H15N3O. The summed E-state index contributed by atoms with van der Waals surface area (Å²) in [5.41, 5.74) is 4.32. The van der Waals surface area contributed by atoms with Gasteiger partial charge in [-0.2, -0.15) is 15.0 Å². The highest BCUT2D eigenvalue weighted by molar-refractivity contribution is 5.75. The first-order valence-electron chi connectivity index (χ1n) is 5.13. The summed E-state index contributed by atoms with van der Waals surface area (Å²) in [4.78, 5) is 1.65. The van der Waals surface area contributed by atoms with E-state index in [1.54, 1.807) is 4.80 Å². The predicted octanol–water partition coefficient (Wildman–Crippen LogP) is 1.43. The Hall–Kier alpha value is -1.42. The number of rotatable bonds is 3. The highest BCUT2D eigenvalue weighted by atomic mass is 16.3. The van der Waals surface area contributed by atoms with Crippen LogP contribution in [0.1, 0.15) is 17.5 Å². The SMILES string of the molecule is Cc1cc2nn(CCCO)nc2cc1C. The summed E-state index contributed by atoms with van der Waals surface area (Å²) in [7, 11) is 0. The van der Waals surface area contributed by atoms with Crippen LogP contribution < -0.4 is 0 Å². The second-order valence-corrected chi connectivity index (χ2v) is 3.80. The Labute approximate surface area is 88.5 Å². The van der Waals surface area contributed by atoms with Gasteiger partial charge in [0.05, 0.1) is 6.54 Å². The van der Waals surface area contributed by atoms with Crippen molar-refractivity contribution < 1.29 is 5.11 Å². The zero-order valence-corrected chi connectivity index (χ0v) is 9.06. The standard InChI is InChI=1S/C11H15N3O/c1-8-6-10-11(7-9(8)2)13-14(12-10)4-3-5-15/h6-7,15H,3-5H2,1-2H3. The lowest BCUT2D eigenvalue weighted by molar-refractivity contribution is 0.273. The first-order valence-corrected chi connectivity index (χ1v) is 5.13. The Morgan fingerprint density at radius 2 is 1.67 bits per heavy atom. The molecule has 0 atom stereocenters. The van der Waals surface area contributed by atoms with Gasteiger partial charge in [-0.1, -0.05) is 0 Å². The molecule has 4 nitrogen and oxygen atoms in total. The van der Waals surface area contributed by atoms with Crippen molar-refractivity contribution in [2.24, 2.45) is 0 Å². The molecule has 4 heteroatoms. The normalized spacial score (nSPS) is 11.1. The summed E-state index contributed by atoms with van der Waals surface area (Å²) < 4.78 is 0. The van der Waals surface area contributed by atoms with Crippen molar-refractivity contribution in [3.8, 4) is 0 Å². The molecule has 0 bridgehead atoms. The summed E-state index contributed by atoms with van der Waals surface area (Å²) in [5.74, 6) is 0. The maximum absolute atomic E-state index is 8.72. The fourth-order valence-electron chi connectivity index (χ4n) is 1.53. The molecule has 0 amide bonds. The molecule has 0 aliphatic carbocycles. The van der Waals surface area contributed by atoms with Gasteiger partial charge in [0.15, 0.2) is 0 Å². The van der Waals surface area contributed by atoms with Gasteiger partial charge in [-0.25, -0.2) is 0 Å². The topological polar surface area (TPSA) is 50.9 Å². The lowest BCUT2D eigenvalue weighted by Gasteiger charge is -1.95. The molecule has 1 aromatic carbocycles. The predicted molar refractivity (Wildman–Crippen MR) is 58.7 cm³/mol. The fraction of sp³-hybridized carbons (Fsp3) is 0.455. The van der Waals surface area contributed by atoms with Crippen molar-refractivity contribution >= 4 is 11.0 Å². The Kier molecular flexibility index (Phi) is 2.68. The number of hydrogen-bond donors (Lipinski definition) is 1. The van der Waals surface area contributed by atoms with Crippen LogP contribution in [-0.4, -0.2) is 26.7 Å². The zero-order chi connectivity index (χ0) is 10.8. The largest absolute Gasteiger partial charge is 0.396 e. The van der Waals surface area contributed by atoms with Gasteiger partial charge in [0.2, 0.25) is 0 Å². The van der Waals surface area contributed by atoms with E-state index in [1.807, 2.05) is 12.1 Å². The molecule has 0 saturated carbocycles. The van der Waals surface area contributed by atoms with Gasteiger partial charge in [0.25, 0.3) is 0 Å². The Balaban J connectivity index is 2.38. The van der Waals surface area contributed by atoms with Crippen LogP contribution in [0.2, 0.25) is 0 Å². The van der Waals surface area contributed by atoms with E-state index >= 15 is 0 Å². The number of aryl methyl sites for hydroxylation is 3. The van der Waals surface area contributed by atoms with Crippen molar-refractivity contribution in [3.63, 3.8) is 0 Å². The summed E-state index contributed by atoms with van der Waals surface area (Å²) in [6.45, 7) is 4.99. The molecule has 1 N–H and O–H groups in total. The molecular weight excluding hydrogens is 190 g/mol. The highest BCUT2D eigenvalue weighted by Gasteiger charge is 2.04. The Morgan fingerprint density at radius 3 is 2.13 bits per heavy atom. The van der Waals surface area contributed by atoms with Crippen LogP contribution >= 0.6 is 0 Å². The quantitative estimate of drug-likeness (QED) is 0.824. The molecule has 1 heterocycles. The van der Waals surface area contributed by atoms with Gasteiger partial charge >= 0.3 is 0 Å². The molecule has 0 aliphatic heterocycles. The number of aromatic nitrogens is 3. The molecule has 2 aromatic rings. The Bertz CT molecular complexity index is 437. The highest BCUT2D eigenvalue weighted by Crippen LogP contribution is 2.15. The molecule has 0 spiro atoms. The number of aliphatic hydroxyl groups is 1. The van der Waals surface area contributed by atoms with Crippen LogP contribution in [0.15, 0.2) is 12.1 Å². The van der Waals surface area contributed by atoms with Gasteiger partial charge in [0.1, 0.15) is 11.0 Å². The van der Waals surface area contributed by atoms with Crippen LogP contribution in [0.3, 0.4) is 0 Å². The lowest BCUT2D eigenvalue weighted by atomic mass is 10.1. The van der Waals surface area contributed by atoms with Crippen LogP contribution in [0.25, 0.3) is 11.0 Å². The average molecular weight is 205 g/mol. The summed E-state index contributed by atoms with van der Waals surface area (Å²) in [5, 5.41) is 17.4. The molecule has 0 aliphatic rings. The third kappa shape index (κ3) is 1.99. The van der Waals surface area contributed by atoms with Crippen molar-refractivity contribution in [2.45, 2.75) is 26.8 Å². The minimum atomic E-state index is 0.177. The molecule has 1 aromatic heterocycles. The number of nitrogens with zero attached hydrogens (tertiary/aromatic N) is 3. The van der Waals surface area contributed by atoms with Crippen molar-refractivity contribution in [1.29, 1.82) is 0 Å². The third-order valence-electron chi connectivity index (χ3n) is 2.55. The third-order valence-corrected chi connectivity index (χ3v) is 2.55. The van der Waals surface area contributed by atoms with E-state index in [-0.39, 0.29) is 6.61 Å². The molecule has 2 rings (SSSR count). The maximum atomic E-state index is 8.72. The van der Waals surface area contributed by atoms with Crippen molar-refractivity contribution in [3.05, 3.63) is 23.3 Å². The first kappa shape index (κ1) is 10.1. The maximum Gasteiger partial charge on any atom is 0.113 e. The molecule has 0 fully saturated rings. The summed E-state index contributed by atoms with van der Waals surface area (Å²) in [6.07, 6.45) is 0.693. The number of hydrogen-bond acceptors (Lipinski definition) is 3. The van der Waals surface area contributed by atoms with Crippen LogP contribution in [-0.2, 0) is 6.54 Å². The second kappa shape index (κ2) is 3.98. The van der Waals surface area contributed by atoms with Gasteiger partial charge in [0, 0.05) is 6.61 Å². The number of aliphatic hydroxyl groups excluding tert-OH is 1. The smallest absolute Gasteiger partial charge is 0.113 e. The monoisotopic (exact) mass is 205 g/mol. The minimum absolute atomic E-state index is 0.177. The summed E-state index contributed by atoms with van der Waals surface area (Å²) in [6, 6.07) is 4.10. The minimum Gasteiger partial charge on any atom is -0.396 e. The van der Waals surface area contributed by atoms with E-state index in [0.29, 0.717) is 13.0 Å². The lowest BCUT2D eigenvalue weighted by Crippen LogP contribution is -2.03. The van der Waals surface area contributed by atoms with E-state index in [9.17, 15) is 0 Å². The van der Waals surface area contributed by atoms with E-state index in [0.717, 1.165) is 11.0 Å². The van der Waals surface area contributed by atoms with E-state index in [1.165, 1.54) is 11.1 Å². The molecule has 0 saturated heterocycles. The zero-order valence-electron chi connectivity index (χ0n) is 9.06.